The highest BCUT2D eigenvalue weighted by Gasteiger charge is 2.13. The van der Waals surface area contributed by atoms with Crippen LogP contribution in [-0.4, -0.2) is 0 Å². The number of halogens is 3. The summed E-state index contributed by atoms with van der Waals surface area (Å²) in [5.41, 5.74) is -0.595. The number of hydrogen-bond donors (Lipinski definition) is 0. The smallest absolute Gasteiger partial charge is 0.142 e. The summed E-state index contributed by atoms with van der Waals surface area (Å²) in [6, 6.07) is 2.94. The third-order valence-corrected chi connectivity index (χ3v) is 1.80. The van der Waals surface area contributed by atoms with E-state index in [1.807, 2.05) is 0 Å². The first-order chi connectivity index (χ1) is 5.70. The van der Waals surface area contributed by atoms with Gasteiger partial charge in [-0.05, 0) is 12.1 Å². The Morgan fingerprint density at radius 3 is 2.25 bits per heavy atom. The van der Waals surface area contributed by atoms with Gasteiger partial charge in [0.2, 0.25) is 0 Å². The Kier molecular flexibility index (Phi) is 2.61. The summed E-state index contributed by atoms with van der Waals surface area (Å²) < 4.78 is 37.3. The van der Waals surface area contributed by atoms with Crippen LogP contribution in [0.25, 0.3) is 0 Å². The summed E-state index contributed by atoms with van der Waals surface area (Å²) in [5.74, 6) is -1.85. The zero-order valence-corrected chi connectivity index (χ0v) is 6.46. The van der Waals surface area contributed by atoms with Crippen LogP contribution in [0.3, 0.4) is 0 Å². The fourth-order valence-corrected chi connectivity index (χ4v) is 1.07. The molecule has 0 bridgehead atoms. The highest BCUT2D eigenvalue weighted by molar-refractivity contribution is 7.94. The molecule has 1 aromatic carbocycles. The second kappa shape index (κ2) is 3.50. The molecule has 12 heavy (non-hydrogen) atoms. The average Bonchev–Trinajstić information content (AvgIpc) is 2.08. The fourth-order valence-electron chi connectivity index (χ4n) is 0.713. The SMILES string of the molecule is N#Cc1c(F)ccc(F)c1SF. The minimum atomic E-state index is -0.930. The van der Waals surface area contributed by atoms with Crippen molar-refractivity contribution in [1.29, 1.82) is 5.26 Å². The van der Waals surface area contributed by atoms with Crippen molar-refractivity contribution >= 4 is 12.1 Å². The van der Waals surface area contributed by atoms with Gasteiger partial charge in [-0.2, -0.15) is 9.15 Å². The van der Waals surface area contributed by atoms with Crippen LogP contribution in [0.15, 0.2) is 17.0 Å². The summed E-state index contributed by atoms with van der Waals surface area (Å²) in [6.07, 6.45) is 0. The average molecular weight is 189 g/mol. The fraction of sp³-hybridized carbons (Fsp3) is 0. The van der Waals surface area contributed by atoms with Gasteiger partial charge in [0, 0.05) is 0 Å². The third kappa shape index (κ3) is 1.38. The van der Waals surface area contributed by atoms with E-state index >= 15 is 0 Å². The molecule has 0 aliphatic carbocycles. The molecule has 0 aliphatic rings. The highest BCUT2D eigenvalue weighted by Crippen LogP contribution is 2.27. The van der Waals surface area contributed by atoms with Crippen molar-refractivity contribution in [2.75, 3.05) is 0 Å². The quantitative estimate of drug-likeness (QED) is 0.678. The molecule has 0 aromatic heterocycles. The Balaban J connectivity index is 3.41. The second-order valence-electron chi connectivity index (χ2n) is 1.92. The lowest BCUT2D eigenvalue weighted by Gasteiger charge is -1.98. The van der Waals surface area contributed by atoms with Crippen LogP contribution in [0.4, 0.5) is 12.7 Å². The molecule has 62 valence electrons. The predicted octanol–water partition coefficient (Wildman–Crippen LogP) is 2.81. The van der Waals surface area contributed by atoms with E-state index < -0.39 is 34.2 Å². The Bertz CT molecular complexity index is 345. The van der Waals surface area contributed by atoms with Crippen molar-refractivity contribution in [3.8, 4) is 6.07 Å². The van der Waals surface area contributed by atoms with Crippen LogP contribution >= 0.6 is 12.1 Å². The lowest BCUT2D eigenvalue weighted by molar-refractivity contribution is 0.572. The van der Waals surface area contributed by atoms with Gasteiger partial charge in [-0.25, -0.2) is 8.78 Å². The van der Waals surface area contributed by atoms with E-state index in [9.17, 15) is 12.7 Å². The minimum absolute atomic E-state index is 0.477. The van der Waals surface area contributed by atoms with E-state index in [4.69, 9.17) is 5.26 Å². The molecule has 1 aromatic rings. The minimum Gasteiger partial charge on any atom is -0.206 e. The van der Waals surface area contributed by atoms with Gasteiger partial charge in [0.15, 0.2) is 0 Å². The van der Waals surface area contributed by atoms with Gasteiger partial charge in [-0.15, -0.1) is 0 Å². The molecule has 0 saturated heterocycles. The summed E-state index contributed by atoms with van der Waals surface area (Å²) in [6.45, 7) is 0. The Morgan fingerprint density at radius 1 is 1.25 bits per heavy atom. The summed E-state index contributed by atoms with van der Waals surface area (Å²) in [7, 11) is 0. The Hall–Kier alpha value is -1.15. The number of benzene rings is 1. The molecule has 0 amide bonds. The van der Waals surface area contributed by atoms with Crippen molar-refractivity contribution in [3.05, 3.63) is 29.3 Å². The molecular weight excluding hydrogens is 187 g/mol. The zero-order valence-electron chi connectivity index (χ0n) is 5.64. The van der Waals surface area contributed by atoms with Crippen LogP contribution in [-0.2, 0) is 0 Å². The second-order valence-corrected chi connectivity index (χ2v) is 2.48. The molecule has 1 nitrogen and oxygen atoms in total. The zero-order chi connectivity index (χ0) is 9.14. The molecule has 0 N–H and O–H groups in total. The van der Waals surface area contributed by atoms with Crippen molar-refractivity contribution in [3.63, 3.8) is 0 Å². The highest BCUT2D eigenvalue weighted by atomic mass is 32.2. The number of rotatable bonds is 1. The van der Waals surface area contributed by atoms with Crippen LogP contribution in [0.2, 0.25) is 0 Å². The van der Waals surface area contributed by atoms with Crippen LogP contribution < -0.4 is 0 Å². The molecule has 0 saturated carbocycles. The molecule has 0 spiro atoms. The topological polar surface area (TPSA) is 23.8 Å². The monoisotopic (exact) mass is 189 g/mol. The Labute approximate surface area is 71.1 Å². The Morgan fingerprint density at radius 2 is 1.83 bits per heavy atom. The van der Waals surface area contributed by atoms with Crippen LogP contribution in [0, 0.1) is 23.0 Å². The van der Waals surface area contributed by atoms with Gasteiger partial charge in [-0.1, -0.05) is 0 Å². The van der Waals surface area contributed by atoms with E-state index in [2.05, 4.69) is 0 Å². The third-order valence-electron chi connectivity index (χ3n) is 1.25. The maximum atomic E-state index is 12.6. The number of nitriles is 1. The van der Waals surface area contributed by atoms with E-state index in [1.54, 1.807) is 0 Å². The molecule has 0 fully saturated rings. The van der Waals surface area contributed by atoms with Gasteiger partial charge < -0.3 is 0 Å². The van der Waals surface area contributed by atoms with E-state index in [-0.39, 0.29) is 0 Å². The van der Waals surface area contributed by atoms with Crippen molar-refractivity contribution < 1.29 is 12.7 Å². The van der Waals surface area contributed by atoms with Gasteiger partial charge in [0.1, 0.15) is 23.3 Å². The van der Waals surface area contributed by atoms with E-state index in [0.29, 0.717) is 0 Å². The number of hydrogen-bond acceptors (Lipinski definition) is 2. The molecule has 5 heteroatoms. The first-order valence-corrected chi connectivity index (χ1v) is 3.59. The first-order valence-electron chi connectivity index (χ1n) is 2.87. The van der Waals surface area contributed by atoms with Gasteiger partial charge in [0.05, 0.1) is 17.0 Å². The summed E-state index contributed by atoms with van der Waals surface area (Å²) >= 11 is -0.477. The molecule has 0 aliphatic heterocycles. The molecule has 0 radical (unpaired) electrons. The van der Waals surface area contributed by atoms with Crippen molar-refractivity contribution in [2.24, 2.45) is 0 Å². The lowest BCUT2D eigenvalue weighted by atomic mass is 10.2. The molecule has 0 heterocycles. The van der Waals surface area contributed by atoms with Crippen LogP contribution in [0.1, 0.15) is 5.56 Å². The normalized spacial score (nSPS) is 9.50. The van der Waals surface area contributed by atoms with Gasteiger partial charge >= 0.3 is 0 Å². The largest absolute Gasteiger partial charge is 0.206 e. The van der Waals surface area contributed by atoms with Crippen molar-refractivity contribution in [2.45, 2.75) is 4.90 Å². The standard InChI is InChI=1S/C7H2F3NS/c8-5-1-2-6(9)7(12-10)4(5)3-11/h1-2H. The first kappa shape index (κ1) is 8.94. The lowest BCUT2D eigenvalue weighted by Crippen LogP contribution is -1.90. The summed E-state index contributed by atoms with van der Waals surface area (Å²) in [4.78, 5) is -0.600. The van der Waals surface area contributed by atoms with Gasteiger partial charge in [0.25, 0.3) is 0 Å². The van der Waals surface area contributed by atoms with Gasteiger partial charge in [-0.3, -0.25) is 0 Å². The van der Waals surface area contributed by atoms with Crippen molar-refractivity contribution in [1.82, 2.24) is 0 Å². The van der Waals surface area contributed by atoms with E-state index in [1.165, 1.54) is 6.07 Å². The van der Waals surface area contributed by atoms with E-state index in [0.717, 1.165) is 12.1 Å². The summed E-state index contributed by atoms with van der Waals surface area (Å²) in [5, 5.41) is 8.32. The molecular formula is C7H2F3NS. The molecule has 0 atom stereocenters. The molecule has 0 unspecified atom stereocenters. The predicted molar refractivity (Wildman–Crippen MR) is 38.0 cm³/mol. The molecule has 1 rings (SSSR count). The van der Waals surface area contributed by atoms with Crippen LogP contribution in [0.5, 0.6) is 0 Å². The maximum absolute atomic E-state index is 12.6. The maximum Gasteiger partial charge on any atom is 0.142 e. The number of nitrogens with zero attached hydrogens (tertiary/aromatic N) is 1.